The van der Waals surface area contributed by atoms with Crippen LogP contribution in [0.15, 0.2) is 30.3 Å². The minimum atomic E-state index is -0.774. The lowest BCUT2D eigenvalue weighted by atomic mass is 10.0. The molecular weight excluding hydrogens is 338 g/mol. The van der Waals surface area contributed by atoms with Crippen LogP contribution in [0.2, 0.25) is 0 Å². The normalized spacial score (nSPS) is 11.3. The van der Waals surface area contributed by atoms with Gasteiger partial charge in [-0.25, -0.2) is 4.79 Å². The fourth-order valence-electron chi connectivity index (χ4n) is 2.14. The molecule has 1 atom stereocenters. The number of hydrogen-bond acceptors (Lipinski definition) is 5. The first-order chi connectivity index (χ1) is 12.4. The predicted octanol–water partition coefficient (Wildman–Crippen LogP) is 0.759. The minimum absolute atomic E-state index is 0.0956. The van der Waals surface area contributed by atoms with Gasteiger partial charge in [0.15, 0.2) is 0 Å². The Morgan fingerprint density at radius 2 is 1.81 bits per heavy atom. The van der Waals surface area contributed by atoms with Crippen LogP contribution < -0.4 is 16.0 Å². The van der Waals surface area contributed by atoms with E-state index in [2.05, 4.69) is 16.0 Å². The fourth-order valence-corrected chi connectivity index (χ4v) is 2.14. The van der Waals surface area contributed by atoms with Gasteiger partial charge in [0.1, 0.15) is 25.5 Å². The molecule has 1 aromatic rings. The highest BCUT2D eigenvalue weighted by molar-refractivity contribution is 5.90. The topological polar surface area (TPSA) is 114 Å². The lowest BCUT2D eigenvalue weighted by molar-refractivity contribution is -0.129. The van der Waals surface area contributed by atoms with E-state index in [9.17, 15) is 19.2 Å². The van der Waals surface area contributed by atoms with Crippen molar-refractivity contribution < 1.29 is 23.9 Å². The summed E-state index contributed by atoms with van der Waals surface area (Å²) < 4.78 is 5.00. The van der Waals surface area contributed by atoms with Gasteiger partial charge in [-0.3, -0.25) is 9.59 Å². The molecule has 0 bridgehead atoms. The number of benzene rings is 1. The second-order valence-corrected chi connectivity index (χ2v) is 6.08. The zero-order valence-corrected chi connectivity index (χ0v) is 15.0. The summed E-state index contributed by atoms with van der Waals surface area (Å²) >= 11 is 0. The number of nitrogens with one attached hydrogen (secondary N) is 3. The smallest absolute Gasteiger partial charge is 0.407 e. The Kier molecular flexibility index (Phi) is 9.45. The molecule has 0 aromatic heterocycles. The van der Waals surface area contributed by atoms with Gasteiger partial charge in [0.25, 0.3) is 0 Å². The van der Waals surface area contributed by atoms with E-state index < -0.39 is 23.9 Å². The Balaban J connectivity index is 2.39. The van der Waals surface area contributed by atoms with Crippen LogP contribution in [0, 0.1) is 5.92 Å². The number of amides is 3. The molecule has 26 heavy (non-hydrogen) atoms. The largest absolute Gasteiger partial charge is 0.445 e. The molecule has 142 valence electrons. The molecule has 0 fully saturated rings. The van der Waals surface area contributed by atoms with Gasteiger partial charge in [-0.2, -0.15) is 0 Å². The van der Waals surface area contributed by atoms with Crippen molar-refractivity contribution in [2.45, 2.75) is 32.9 Å². The summed E-state index contributed by atoms with van der Waals surface area (Å²) in [6, 6.07) is 8.36. The number of carbonyl (C=O) groups is 4. The molecule has 0 spiro atoms. The van der Waals surface area contributed by atoms with Crippen LogP contribution >= 0.6 is 0 Å². The van der Waals surface area contributed by atoms with Crippen LogP contribution in [0.25, 0.3) is 0 Å². The van der Waals surface area contributed by atoms with Crippen molar-refractivity contribution in [2.75, 3.05) is 13.1 Å². The molecule has 3 N–H and O–H groups in total. The van der Waals surface area contributed by atoms with E-state index in [0.717, 1.165) is 5.56 Å². The van der Waals surface area contributed by atoms with Gasteiger partial charge in [-0.15, -0.1) is 0 Å². The second-order valence-electron chi connectivity index (χ2n) is 6.08. The number of carbonyl (C=O) groups excluding carboxylic acids is 4. The lowest BCUT2D eigenvalue weighted by Gasteiger charge is -2.19. The Morgan fingerprint density at radius 1 is 1.12 bits per heavy atom. The van der Waals surface area contributed by atoms with Crippen LogP contribution in [-0.2, 0) is 25.7 Å². The highest BCUT2D eigenvalue weighted by atomic mass is 16.5. The van der Waals surface area contributed by atoms with Gasteiger partial charge in [-0.05, 0) is 17.9 Å². The van der Waals surface area contributed by atoms with E-state index in [0.29, 0.717) is 12.7 Å². The maximum Gasteiger partial charge on any atom is 0.407 e. The molecule has 0 aliphatic rings. The Morgan fingerprint density at radius 3 is 2.42 bits per heavy atom. The summed E-state index contributed by atoms with van der Waals surface area (Å²) in [4.78, 5) is 45.9. The van der Waals surface area contributed by atoms with Crippen molar-refractivity contribution in [1.82, 2.24) is 16.0 Å². The van der Waals surface area contributed by atoms with Crippen molar-refractivity contribution in [3.8, 4) is 0 Å². The maximum atomic E-state index is 12.0. The van der Waals surface area contributed by atoms with Crippen LogP contribution in [0.3, 0.4) is 0 Å². The third kappa shape index (κ3) is 8.81. The van der Waals surface area contributed by atoms with E-state index in [4.69, 9.17) is 4.74 Å². The average molecular weight is 363 g/mol. The summed E-state index contributed by atoms with van der Waals surface area (Å²) in [6.45, 7) is 3.48. The van der Waals surface area contributed by atoms with Crippen LogP contribution in [0.5, 0.6) is 0 Å². The van der Waals surface area contributed by atoms with Crippen molar-refractivity contribution in [1.29, 1.82) is 0 Å². The van der Waals surface area contributed by atoms with Crippen molar-refractivity contribution in [3.63, 3.8) is 0 Å². The van der Waals surface area contributed by atoms with E-state index in [1.165, 1.54) is 0 Å². The zero-order chi connectivity index (χ0) is 19.4. The predicted molar refractivity (Wildman–Crippen MR) is 95.1 cm³/mol. The van der Waals surface area contributed by atoms with Crippen molar-refractivity contribution >= 4 is 24.2 Å². The first-order valence-corrected chi connectivity index (χ1v) is 8.37. The lowest BCUT2D eigenvalue weighted by Crippen LogP contribution is -2.50. The number of rotatable bonds is 10. The molecule has 0 aliphatic heterocycles. The van der Waals surface area contributed by atoms with Gasteiger partial charge >= 0.3 is 6.09 Å². The first-order valence-electron chi connectivity index (χ1n) is 8.37. The highest BCUT2D eigenvalue weighted by Gasteiger charge is 2.21. The molecule has 0 saturated heterocycles. The Hall–Kier alpha value is -2.90. The summed E-state index contributed by atoms with van der Waals surface area (Å²) in [5, 5.41) is 7.29. The highest BCUT2D eigenvalue weighted by Crippen LogP contribution is 2.05. The van der Waals surface area contributed by atoms with Crippen LogP contribution in [0.1, 0.15) is 25.8 Å². The number of alkyl carbamates (subject to hydrolysis) is 1. The molecular formula is C18H25N3O5. The molecule has 0 heterocycles. The monoisotopic (exact) mass is 363 g/mol. The molecule has 0 unspecified atom stereocenters. The van der Waals surface area contributed by atoms with E-state index >= 15 is 0 Å². The minimum Gasteiger partial charge on any atom is -0.445 e. The third-order valence-electron chi connectivity index (χ3n) is 3.32. The number of aldehydes is 1. The molecule has 8 heteroatoms. The van der Waals surface area contributed by atoms with E-state index in [-0.39, 0.29) is 25.6 Å². The Bertz CT molecular complexity index is 604. The zero-order valence-electron chi connectivity index (χ0n) is 15.0. The van der Waals surface area contributed by atoms with Gasteiger partial charge in [0.05, 0.1) is 6.54 Å². The molecule has 8 nitrogen and oxygen atoms in total. The quantitative estimate of drug-likeness (QED) is 0.531. The van der Waals surface area contributed by atoms with E-state index in [1.54, 1.807) is 0 Å². The van der Waals surface area contributed by atoms with Crippen molar-refractivity contribution in [3.05, 3.63) is 35.9 Å². The van der Waals surface area contributed by atoms with Crippen molar-refractivity contribution in [2.24, 2.45) is 5.92 Å². The molecule has 1 aromatic carbocycles. The van der Waals surface area contributed by atoms with Gasteiger partial charge in [0.2, 0.25) is 11.8 Å². The summed E-state index contributed by atoms with van der Waals surface area (Å²) in [7, 11) is 0. The third-order valence-corrected chi connectivity index (χ3v) is 3.32. The summed E-state index contributed by atoms with van der Waals surface area (Å²) in [5.74, 6) is -0.801. The Labute approximate surface area is 152 Å². The molecule has 0 radical (unpaired) electrons. The first kappa shape index (κ1) is 21.1. The summed E-state index contributed by atoms with van der Waals surface area (Å²) in [5.41, 5.74) is 0.830. The fraction of sp³-hybridized carbons (Fsp3) is 0.444. The number of hydrogen-bond donors (Lipinski definition) is 3. The second kappa shape index (κ2) is 11.6. The molecule has 3 amide bonds. The molecule has 0 saturated carbocycles. The van der Waals surface area contributed by atoms with Crippen LogP contribution in [-0.4, -0.2) is 43.3 Å². The standard InChI is InChI=1S/C18H25N3O5/c1-13(2)10-15(17(24)19-8-9-22)21-16(23)11-20-18(25)26-12-14-6-4-3-5-7-14/h3-7,9,13,15H,8,10-12H2,1-2H3,(H,19,24)(H,20,25)(H,21,23)/t15-/m0/s1. The van der Waals surface area contributed by atoms with Gasteiger partial charge in [0, 0.05) is 0 Å². The van der Waals surface area contributed by atoms with Gasteiger partial charge in [-0.1, -0.05) is 44.2 Å². The molecule has 1 rings (SSSR count). The van der Waals surface area contributed by atoms with Crippen LogP contribution in [0.4, 0.5) is 4.79 Å². The SMILES string of the molecule is CC(C)C[C@H](NC(=O)CNC(=O)OCc1ccccc1)C(=O)NCC=O. The van der Waals surface area contributed by atoms with Gasteiger partial charge < -0.3 is 25.5 Å². The number of ether oxygens (including phenoxy) is 1. The van der Waals surface area contributed by atoms with E-state index in [1.807, 2.05) is 44.2 Å². The summed E-state index contributed by atoms with van der Waals surface area (Å²) in [6.07, 6.45) is 0.250. The average Bonchev–Trinajstić information content (AvgIpc) is 2.62. The molecule has 0 aliphatic carbocycles. The maximum absolute atomic E-state index is 12.0.